The van der Waals surface area contributed by atoms with Gasteiger partial charge in [0, 0.05) is 34.4 Å². The molecule has 2 heterocycles. The molecule has 0 unspecified atom stereocenters. The molecule has 0 fully saturated rings. The van der Waals surface area contributed by atoms with E-state index in [1.54, 1.807) is 31.3 Å². The van der Waals surface area contributed by atoms with E-state index in [0.717, 1.165) is 27.7 Å². The van der Waals surface area contributed by atoms with Crippen molar-refractivity contribution in [2.75, 3.05) is 20.3 Å². The topological polar surface area (TPSA) is 159 Å². The summed E-state index contributed by atoms with van der Waals surface area (Å²) in [7, 11) is 1.28. The van der Waals surface area contributed by atoms with Crippen LogP contribution in [0, 0.1) is 18.3 Å². The number of hydrogen-bond acceptors (Lipinski definition) is 9. The molecule has 1 aromatic heterocycles. The average molecular weight is 637 g/mol. The lowest BCUT2D eigenvalue weighted by Gasteiger charge is -2.28. The van der Waals surface area contributed by atoms with Crippen molar-refractivity contribution >= 4 is 29.1 Å². The first kappa shape index (κ1) is 32.6. The van der Waals surface area contributed by atoms with Crippen LogP contribution < -0.4 is 25.5 Å². The van der Waals surface area contributed by atoms with Crippen LogP contribution in [0.5, 0.6) is 11.5 Å². The Morgan fingerprint density at radius 3 is 2.66 bits per heavy atom. The molecule has 12 heteroatoms. The van der Waals surface area contributed by atoms with Crippen LogP contribution in [0.15, 0.2) is 83.1 Å². The van der Waals surface area contributed by atoms with Crippen molar-refractivity contribution < 1.29 is 28.9 Å². The highest BCUT2D eigenvalue weighted by atomic mass is 16.5. The van der Waals surface area contributed by atoms with E-state index in [4.69, 9.17) is 14.2 Å². The Bertz CT molecular complexity index is 1910. The number of allylic oxidation sites excluding steroid dienone is 1. The fourth-order valence-corrected chi connectivity index (χ4v) is 5.57. The molecule has 47 heavy (non-hydrogen) atoms. The fraction of sp³-hybridized carbons (Fsp3) is 0.257. The summed E-state index contributed by atoms with van der Waals surface area (Å²) in [5, 5.41) is 30.9. The van der Waals surface area contributed by atoms with Crippen LogP contribution in [0.25, 0.3) is 10.9 Å². The van der Waals surface area contributed by atoms with Crippen LogP contribution in [0.3, 0.4) is 0 Å². The lowest BCUT2D eigenvalue weighted by Crippen LogP contribution is -2.45. The molecule has 12 nitrogen and oxygen atoms in total. The Morgan fingerprint density at radius 2 is 1.89 bits per heavy atom. The number of urea groups is 1. The summed E-state index contributed by atoms with van der Waals surface area (Å²) in [4.78, 5) is 24.7. The van der Waals surface area contributed by atoms with Crippen molar-refractivity contribution in [3.63, 3.8) is 0 Å². The maximum Gasteiger partial charge on any atom is 0.337 e. The van der Waals surface area contributed by atoms with E-state index in [0.29, 0.717) is 41.5 Å². The van der Waals surface area contributed by atoms with Crippen LogP contribution in [0.1, 0.15) is 47.8 Å². The van der Waals surface area contributed by atoms with Gasteiger partial charge in [-0.05, 0) is 56.2 Å². The number of aliphatic hydroxyl groups excluding tert-OH is 1. The number of esters is 1. The number of aromatic nitrogens is 1. The Hall–Kier alpha value is -5.80. The van der Waals surface area contributed by atoms with E-state index >= 15 is 0 Å². The van der Waals surface area contributed by atoms with Gasteiger partial charge in [-0.15, -0.1) is 0 Å². The highest BCUT2D eigenvalue weighted by molar-refractivity contribution is 6.01. The number of ether oxygens (including phenoxy) is 3. The molecule has 4 N–H and O–H groups in total. The number of para-hydroxylation sites is 1. The van der Waals surface area contributed by atoms with Gasteiger partial charge in [-0.25, -0.2) is 9.59 Å². The fourth-order valence-electron chi connectivity index (χ4n) is 5.57. The predicted octanol–water partition coefficient (Wildman–Crippen LogP) is 4.39. The third-order valence-electron chi connectivity index (χ3n) is 7.84. The highest BCUT2D eigenvalue weighted by Crippen LogP contribution is 2.35. The van der Waals surface area contributed by atoms with Crippen LogP contribution in [0.4, 0.5) is 4.79 Å². The number of fused-ring (bicyclic) bond motifs is 1. The molecule has 5 rings (SSSR count). The van der Waals surface area contributed by atoms with Gasteiger partial charge in [0.25, 0.3) is 0 Å². The third-order valence-corrected chi connectivity index (χ3v) is 7.84. The first-order chi connectivity index (χ1) is 22.7. The molecule has 0 aliphatic carbocycles. The minimum atomic E-state index is -1.16. The Kier molecular flexibility index (Phi) is 10.1. The van der Waals surface area contributed by atoms with Gasteiger partial charge in [0.05, 0.1) is 43.2 Å². The number of nitriles is 1. The second kappa shape index (κ2) is 14.5. The number of rotatable bonds is 12. The van der Waals surface area contributed by atoms with Gasteiger partial charge in [-0.3, -0.25) is 5.43 Å². The first-order valence-electron chi connectivity index (χ1n) is 15.0. The number of methoxy groups -OCH3 is 1. The standard InChI is InChI=1S/C35H36N6O6/c1-5-46-30-16-23(33-32(34(43)45-4)21(2)38-35(44)39-33)14-15-29(30)47-20-31(42)40-37-18-27-22(3)41(28-13-9-8-12-26(27)28)19-25-11-7-6-10-24(25)17-36/h6-16,18,31,33,40,42H,5,19-20H2,1-4H3,(H2,38,39,44)/b37-18+/t31-,33-/m0/s1. The van der Waals surface area contributed by atoms with E-state index in [-0.39, 0.29) is 12.2 Å². The van der Waals surface area contributed by atoms with Gasteiger partial charge < -0.3 is 34.5 Å². The molecule has 1 aliphatic rings. The zero-order valence-corrected chi connectivity index (χ0v) is 26.5. The minimum Gasteiger partial charge on any atom is -0.490 e. The summed E-state index contributed by atoms with van der Waals surface area (Å²) < 4.78 is 18.7. The number of amides is 2. The summed E-state index contributed by atoms with van der Waals surface area (Å²) >= 11 is 0. The van der Waals surface area contributed by atoms with Gasteiger partial charge in [-0.1, -0.05) is 42.5 Å². The Labute approximate surface area is 272 Å². The Morgan fingerprint density at radius 1 is 1.13 bits per heavy atom. The van der Waals surface area contributed by atoms with Crippen molar-refractivity contribution in [2.24, 2.45) is 5.10 Å². The quantitative estimate of drug-likeness (QED) is 0.0771. The second-order valence-electron chi connectivity index (χ2n) is 10.8. The van der Waals surface area contributed by atoms with Gasteiger partial charge >= 0.3 is 12.0 Å². The smallest absolute Gasteiger partial charge is 0.337 e. The first-order valence-corrected chi connectivity index (χ1v) is 15.0. The Balaban J connectivity index is 1.29. The van der Waals surface area contributed by atoms with Crippen LogP contribution in [-0.2, 0) is 16.1 Å². The molecule has 0 radical (unpaired) electrons. The summed E-state index contributed by atoms with van der Waals surface area (Å²) in [5.41, 5.74) is 8.35. The van der Waals surface area contributed by atoms with Gasteiger partial charge in [0.1, 0.15) is 6.61 Å². The number of carbonyl (C=O) groups excluding carboxylic acids is 2. The summed E-state index contributed by atoms with van der Waals surface area (Å²) in [6.45, 7) is 6.15. The number of nitrogens with zero attached hydrogens (tertiary/aromatic N) is 3. The zero-order chi connectivity index (χ0) is 33.5. The number of hydrazone groups is 1. The minimum absolute atomic E-state index is 0.154. The van der Waals surface area contributed by atoms with E-state index in [9.17, 15) is 20.0 Å². The van der Waals surface area contributed by atoms with Crippen molar-refractivity contribution in [1.82, 2.24) is 20.6 Å². The van der Waals surface area contributed by atoms with E-state index in [1.807, 2.05) is 62.4 Å². The predicted molar refractivity (Wildman–Crippen MR) is 176 cm³/mol. The molecule has 1 aliphatic heterocycles. The number of carbonyl (C=O) groups is 2. The summed E-state index contributed by atoms with van der Waals surface area (Å²) in [6.07, 6.45) is 0.507. The average Bonchev–Trinajstić information content (AvgIpc) is 3.33. The molecule has 242 valence electrons. The lowest BCUT2D eigenvalue weighted by molar-refractivity contribution is -0.136. The zero-order valence-electron chi connectivity index (χ0n) is 26.5. The largest absolute Gasteiger partial charge is 0.490 e. The molecule has 4 aromatic rings. The second-order valence-corrected chi connectivity index (χ2v) is 10.8. The number of nitrogens with one attached hydrogen (secondary N) is 3. The molecule has 0 spiro atoms. The van der Waals surface area contributed by atoms with Crippen molar-refractivity contribution in [3.8, 4) is 17.6 Å². The third kappa shape index (κ3) is 7.05. The molecule has 3 aromatic carbocycles. The molecule has 0 bridgehead atoms. The molecule has 0 saturated carbocycles. The van der Waals surface area contributed by atoms with Crippen LogP contribution in [-0.4, -0.2) is 54.4 Å². The number of benzene rings is 3. The van der Waals surface area contributed by atoms with E-state index in [1.165, 1.54) is 7.11 Å². The van der Waals surface area contributed by atoms with Gasteiger partial charge in [-0.2, -0.15) is 10.4 Å². The monoisotopic (exact) mass is 636 g/mol. The number of hydrogen-bond donors (Lipinski definition) is 4. The molecule has 2 atom stereocenters. The van der Waals surface area contributed by atoms with Gasteiger partial charge in [0.2, 0.25) is 0 Å². The van der Waals surface area contributed by atoms with Crippen LogP contribution >= 0.6 is 0 Å². The van der Waals surface area contributed by atoms with Crippen molar-refractivity contribution in [3.05, 3.63) is 106 Å². The normalized spacial score (nSPS) is 15.1. The molecule has 0 saturated heterocycles. The SMILES string of the molecule is CCOc1cc([C@@H]2NC(=O)NC(C)=C2C(=O)OC)ccc1OC[C@H](O)N/N=C/c1c(C)n(Cc2ccccc2C#N)c2ccccc12. The summed E-state index contributed by atoms with van der Waals surface area (Å²) in [5.74, 6) is 0.159. The molecular formula is C35H36N6O6. The van der Waals surface area contributed by atoms with Gasteiger partial charge in [0.15, 0.2) is 17.7 Å². The van der Waals surface area contributed by atoms with Crippen molar-refractivity contribution in [1.29, 1.82) is 5.26 Å². The maximum atomic E-state index is 12.5. The molecule has 2 amide bonds. The lowest BCUT2D eigenvalue weighted by atomic mass is 9.95. The highest BCUT2D eigenvalue weighted by Gasteiger charge is 2.32. The van der Waals surface area contributed by atoms with Crippen LogP contribution in [0.2, 0.25) is 0 Å². The maximum absolute atomic E-state index is 12.5. The van der Waals surface area contributed by atoms with E-state index < -0.39 is 24.3 Å². The van der Waals surface area contributed by atoms with E-state index in [2.05, 4.69) is 31.8 Å². The summed E-state index contributed by atoms with van der Waals surface area (Å²) in [6, 6.07) is 21.6. The molecular weight excluding hydrogens is 600 g/mol. The number of aliphatic hydroxyl groups is 1. The van der Waals surface area contributed by atoms with Crippen molar-refractivity contribution in [2.45, 2.75) is 39.6 Å².